The predicted octanol–water partition coefficient (Wildman–Crippen LogP) is 4.62. The van der Waals surface area contributed by atoms with Crippen LogP contribution in [0, 0.1) is 13.8 Å². The molecule has 2 heterocycles. The predicted molar refractivity (Wildman–Crippen MR) is 109 cm³/mol. The van der Waals surface area contributed by atoms with Crippen LogP contribution in [-0.2, 0) is 10.0 Å². The number of benzene rings is 1. The van der Waals surface area contributed by atoms with Gasteiger partial charge in [0.25, 0.3) is 10.0 Å². The molecule has 3 aromatic rings. The summed E-state index contributed by atoms with van der Waals surface area (Å²) >= 11 is 1.39. The lowest BCUT2D eigenvalue weighted by Gasteiger charge is -2.15. The number of aryl methyl sites for hydroxylation is 2. The maximum absolute atomic E-state index is 13.3. The van der Waals surface area contributed by atoms with Crippen LogP contribution in [0.15, 0.2) is 39.9 Å². The SMILES string of the molecule is CCOc1ccc(OCC)c(NS(=O)(=O)c2c(C)sc(C)c2-c2ccno2)c1. The Morgan fingerprint density at radius 3 is 2.50 bits per heavy atom. The molecule has 0 bridgehead atoms. The van der Waals surface area contributed by atoms with Gasteiger partial charge in [0.1, 0.15) is 16.4 Å². The van der Waals surface area contributed by atoms with Crippen LogP contribution in [-0.4, -0.2) is 26.8 Å². The molecule has 2 aromatic heterocycles. The summed E-state index contributed by atoms with van der Waals surface area (Å²) in [6.07, 6.45) is 1.49. The minimum absolute atomic E-state index is 0.177. The first-order valence-electron chi connectivity index (χ1n) is 8.80. The number of anilines is 1. The zero-order valence-corrected chi connectivity index (χ0v) is 17.7. The Hall–Kier alpha value is -2.52. The Bertz CT molecular complexity index is 1060. The lowest BCUT2D eigenvalue weighted by Crippen LogP contribution is -2.15. The van der Waals surface area contributed by atoms with E-state index in [2.05, 4.69) is 9.88 Å². The number of hydrogen-bond donors (Lipinski definition) is 1. The van der Waals surface area contributed by atoms with Crippen molar-refractivity contribution in [3.05, 3.63) is 40.2 Å². The van der Waals surface area contributed by atoms with Crippen LogP contribution in [0.1, 0.15) is 23.6 Å². The molecule has 0 aliphatic carbocycles. The van der Waals surface area contributed by atoms with Crippen LogP contribution in [0.5, 0.6) is 11.5 Å². The molecule has 0 spiro atoms. The highest BCUT2D eigenvalue weighted by molar-refractivity contribution is 7.93. The van der Waals surface area contributed by atoms with Gasteiger partial charge in [0.05, 0.1) is 30.7 Å². The van der Waals surface area contributed by atoms with Crippen molar-refractivity contribution >= 4 is 27.0 Å². The molecule has 0 aliphatic heterocycles. The van der Waals surface area contributed by atoms with Crippen molar-refractivity contribution in [3.63, 3.8) is 0 Å². The minimum Gasteiger partial charge on any atom is -0.494 e. The molecule has 1 aromatic carbocycles. The third-order valence-electron chi connectivity index (χ3n) is 3.96. The molecule has 0 fully saturated rings. The fourth-order valence-electron chi connectivity index (χ4n) is 2.94. The minimum atomic E-state index is -3.92. The Morgan fingerprint density at radius 2 is 1.86 bits per heavy atom. The van der Waals surface area contributed by atoms with E-state index in [1.807, 2.05) is 20.8 Å². The van der Waals surface area contributed by atoms with Crippen molar-refractivity contribution in [2.75, 3.05) is 17.9 Å². The van der Waals surface area contributed by atoms with Gasteiger partial charge in [-0.25, -0.2) is 8.42 Å². The summed E-state index contributed by atoms with van der Waals surface area (Å²) in [5.41, 5.74) is 0.839. The first-order valence-corrected chi connectivity index (χ1v) is 11.1. The van der Waals surface area contributed by atoms with Crippen molar-refractivity contribution in [3.8, 4) is 22.8 Å². The fraction of sp³-hybridized carbons (Fsp3) is 0.316. The van der Waals surface area contributed by atoms with Gasteiger partial charge in [0, 0.05) is 21.9 Å². The maximum Gasteiger partial charge on any atom is 0.263 e. The van der Waals surface area contributed by atoms with Gasteiger partial charge < -0.3 is 14.0 Å². The first kappa shape index (κ1) is 20.2. The molecule has 0 saturated carbocycles. The van der Waals surface area contributed by atoms with E-state index in [4.69, 9.17) is 14.0 Å². The second-order valence-corrected chi connectivity index (χ2v) is 8.97. The third kappa shape index (κ3) is 4.00. The molecule has 7 nitrogen and oxygen atoms in total. The van der Waals surface area contributed by atoms with Crippen molar-refractivity contribution in [1.29, 1.82) is 0 Å². The van der Waals surface area contributed by atoms with Gasteiger partial charge in [0.15, 0.2) is 5.76 Å². The van der Waals surface area contributed by atoms with Crippen molar-refractivity contribution < 1.29 is 22.4 Å². The highest BCUT2D eigenvalue weighted by atomic mass is 32.2. The molecule has 3 rings (SSSR count). The monoisotopic (exact) mass is 422 g/mol. The summed E-state index contributed by atoms with van der Waals surface area (Å²) in [6.45, 7) is 8.20. The molecule has 0 unspecified atom stereocenters. The van der Waals surface area contributed by atoms with E-state index in [1.165, 1.54) is 17.5 Å². The number of sulfonamides is 1. The summed E-state index contributed by atoms with van der Waals surface area (Å²) in [5.74, 6) is 1.40. The average molecular weight is 423 g/mol. The number of aromatic nitrogens is 1. The van der Waals surface area contributed by atoms with Gasteiger partial charge in [-0.05, 0) is 39.8 Å². The van der Waals surface area contributed by atoms with Gasteiger partial charge >= 0.3 is 0 Å². The smallest absolute Gasteiger partial charge is 0.263 e. The number of nitrogens with zero attached hydrogens (tertiary/aromatic N) is 1. The molecule has 0 atom stereocenters. The largest absolute Gasteiger partial charge is 0.494 e. The van der Waals surface area contributed by atoms with Gasteiger partial charge in [-0.15, -0.1) is 11.3 Å². The molecule has 9 heteroatoms. The van der Waals surface area contributed by atoms with Gasteiger partial charge in [-0.1, -0.05) is 5.16 Å². The molecular weight excluding hydrogens is 400 g/mol. The van der Waals surface area contributed by atoms with Crippen LogP contribution < -0.4 is 14.2 Å². The lowest BCUT2D eigenvalue weighted by molar-refractivity contribution is 0.332. The van der Waals surface area contributed by atoms with Crippen molar-refractivity contribution in [2.24, 2.45) is 0 Å². The average Bonchev–Trinajstić information content (AvgIpc) is 3.24. The van der Waals surface area contributed by atoms with Crippen LogP contribution >= 0.6 is 11.3 Å². The van der Waals surface area contributed by atoms with Gasteiger partial charge in [-0.3, -0.25) is 4.72 Å². The van der Waals surface area contributed by atoms with E-state index in [9.17, 15) is 8.42 Å². The summed E-state index contributed by atoms with van der Waals surface area (Å²) < 4.78 is 45.6. The quantitative estimate of drug-likeness (QED) is 0.570. The number of hydrogen-bond acceptors (Lipinski definition) is 7. The zero-order chi connectivity index (χ0) is 20.3. The van der Waals surface area contributed by atoms with Crippen molar-refractivity contribution in [2.45, 2.75) is 32.6 Å². The lowest BCUT2D eigenvalue weighted by atomic mass is 10.2. The van der Waals surface area contributed by atoms with Gasteiger partial charge in [0.2, 0.25) is 0 Å². The van der Waals surface area contributed by atoms with Crippen LogP contribution in [0.2, 0.25) is 0 Å². The Balaban J connectivity index is 2.08. The van der Waals surface area contributed by atoms with Gasteiger partial charge in [-0.2, -0.15) is 0 Å². The van der Waals surface area contributed by atoms with E-state index in [0.29, 0.717) is 46.6 Å². The summed E-state index contributed by atoms with van der Waals surface area (Å²) in [5, 5.41) is 3.70. The first-order chi connectivity index (χ1) is 13.4. The normalized spacial score (nSPS) is 11.4. The second kappa shape index (κ2) is 8.24. The second-order valence-electron chi connectivity index (χ2n) is 5.92. The Labute approximate surface area is 168 Å². The molecule has 0 radical (unpaired) electrons. The van der Waals surface area contributed by atoms with E-state index in [-0.39, 0.29) is 4.90 Å². The Kier molecular flexibility index (Phi) is 5.95. The van der Waals surface area contributed by atoms with Crippen LogP contribution in [0.4, 0.5) is 5.69 Å². The summed E-state index contributed by atoms with van der Waals surface area (Å²) in [7, 11) is -3.92. The van der Waals surface area contributed by atoms with Crippen LogP contribution in [0.25, 0.3) is 11.3 Å². The molecule has 0 aliphatic rings. The Morgan fingerprint density at radius 1 is 1.11 bits per heavy atom. The number of thiophene rings is 1. The zero-order valence-electron chi connectivity index (χ0n) is 16.1. The number of nitrogens with one attached hydrogen (secondary N) is 1. The number of rotatable bonds is 8. The summed E-state index contributed by atoms with van der Waals surface area (Å²) in [6, 6.07) is 6.70. The molecule has 0 saturated heterocycles. The number of ether oxygens (including phenoxy) is 2. The maximum atomic E-state index is 13.3. The fourth-order valence-corrected chi connectivity index (χ4v) is 5.87. The van der Waals surface area contributed by atoms with Crippen LogP contribution in [0.3, 0.4) is 0 Å². The molecule has 28 heavy (non-hydrogen) atoms. The molecule has 0 amide bonds. The van der Waals surface area contributed by atoms with E-state index < -0.39 is 10.0 Å². The van der Waals surface area contributed by atoms with E-state index in [1.54, 1.807) is 31.2 Å². The van der Waals surface area contributed by atoms with E-state index in [0.717, 1.165) is 4.88 Å². The highest BCUT2D eigenvalue weighted by Gasteiger charge is 2.29. The third-order valence-corrected chi connectivity index (χ3v) is 6.65. The summed E-state index contributed by atoms with van der Waals surface area (Å²) in [4.78, 5) is 1.68. The standard InChI is InChI=1S/C19H22N2O5S2/c1-5-24-14-7-8-16(25-6-2)15(11-14)21-28(22,23)19-13(4)27-12(3)18(19)17-9-10-20-26-17/h7-11,21H,5-6H2,1-4H3. The topological polar surface area (TPSA) is 90.7 Å². The molecule has 1 N–H and O–H groups in total. The molecular formula is C19H22N2O5S2. The molecule has 150 valence electrons. The van der Waals surface area contributed by atoms with Crippen molar-refractivity contribution in [1.82, 2.24) is 5.16 Å². The van der Waals surface area contributed by atoms with E-state index >= 15 is 0 Å². The highest BCUT2D eigenvalue weighted by Crippen LogP contribution is 2.40.